The Morgan fingerprint density at radius 1 is 1.17 bits per heavy atom. The van der Waals surface area contributed by atoms with Crippen LogP contribution in [0.4, 0.5) is 5.82 Å². The molecule has 29 heavy (non-hydrogen) atoms. The van der Waals surface area contributed by atoms with Gasteiger partial charge in [0, 0.05) is 23.5 Å². The molecule has 4 rings (SSSR count). The fourth-order valence-corrected chi connectivity index (χ4v) is 5.37. The Balaban J connectivity index is 1.84. The van der Waals surface area contributed by atoms with Crippen molar-refractivity contribution in [2.45, 2.75) is 39.5 Å². The minimum absolute atomic E-state index is 0.240. The van der Waals surface area contributed by atoms with Gasteiger partial charge in [0.15, 0.2) is 0 Å². The number of nitrogens with zero attached hydrogens (tertiary/aromatic N) is 3. The summed E-state index contributed by atoms with van der Waals surface area (Å²) in [4.78, 5) is 24.8. The van der Waals surface area contributed by atoms with Crippen molar-refractivity contribution in [3.05, 3.63) is 40.0 Å². The van der Waals surface area contributed by atoms with E-state index in [9.17, 15) is 9.90 Å². The van der Waals surface area contributed by atoms with Gasteiger partial charge in [0.2, 0.25) is 5.28 Å². The number of carboxylic acid groups (broad SMARTS) is 1. The fourth-order valence-electron chi connectivity index (χ4n) is 4.03. The molecule has 1 N–H and O–H groups in total. The maximum atomic E-state index is 11.3. The monoisotopic (exact) mass is 429 g/mol. The van der Waals surface area contributed by atoms with Crippen LogP contribution in [0, 0.1) is 5.92 Å². The van der Waals surface area contributed by atoms with Crippen LogP contribution in [0.2, 0.25) is 5.28 Å². The van der Waals surface area contributed by atoms with Crippen LogP contribution in [0.15, 0.2) is 24.3 Å². The largest absolute Gasteiger partial charge is 0.481 e. The molecule has 1 aliphatic rings. The number of aromatic nitrogens is 2. The van der Waals surface area contributed by atoms with Gasteiger partial charge in [0.05, 0.1) is 11.3 Å². The van der Waals surface area contributed by atoms with Gasteiger partial charge in [-0.25, -0.2) is 4.98 Å². The highest BCUT2D eigenvalue weighted by Gasteiger charge is 2.28. The zero-order valence-corrected chi connectivity index (χ0v) is 18.2. The van der Waals surface area contributed by atoms with Crippen molar-refractivity contribution < 1.29 is 9.90 Å². The SMILES string of the molecule is CCc1ccc(-c2c(CC)sc3nc(Cl)nc(N4CCC(C(=O)O)CC4)c23)cc1. The van der Waals surface area contributed by atoms with Crippen LogP contribution in [0.1, 0.15) is 37.1 Å². The van der Waals surface area contributed by atoms with Crippen LogP contribution in [-0.4, -0.2) is 34.1 Å². The Morgan fingerprint density at radius 2 is 1.86 bits per heavy atom. The molecule has 0 amide bonds. The summed E-state index contributed by atoms with van der Waals surface area (Å²) in [6.07, 6.45) is 3.14. The van der Waals surface area contributed by atoms with Crippen LogP contribution in [-0.2, 0) is 17.6 Å². The van der Waals surface area contributed by atoms with Gasteiger partial charge >= 0.3 is 5.97 Å². The molecule has 0 radical (unpaired) electrons. The lowest BCUT2D eigenvalue weighted by Gasteiger charge is -2.31. The minimum atomic E-state index is -0.712. The van der Waals surface area contributed by atoms with E-state index in [4.69, 9.17) is 11.6 Å². The lowest BCUT2D eigenvalue weighted by Crippen LogP contribution is -2.37. The Labute approximate surface area is 179 Å². The molecule has 152 valence electrons. The summed E-state index contributed by atoms with van der Waals surface area (Å²) >= 11 is 7.95. The predicted molar refractivity (Wildman–Crippen MR) is 119 cm³/mol. The fraction of sp³-hybridized carbons (Fsp3) is 0.409. The van der Waals surface area contributed by atoms with Gasteiger partial charge in [0.25, 0.3) is 0 Å². The van der Waals surface area contributed by atoms with Crippen LogP contribution >= 0.6 is 22.9 Å². The number of carboxylic acids is 1. The zero-order chi connectivity index (χ0) is 20.5. The molecule has 1 saturated heterocycles. The number of aryl methyl sites for hydroxylation is 2. The smallest absolute Gasteiger partial charge is 0.306 e. The molecule has 3 aromatic rings. The third kappa shape index (κ3) is 3.83. The van der Waals surface area contributed by atoms with Crippen LogP contribution in [0.3, 0.4) is 0 Å². The molecule has 0 unspecified atom stereocenters. The molecule has 0 aliphatic carbocycles. The van der Waals surface area contributed by atoms with E-state index in [1.165, 1.54) is 16.0 Å². The molecule has 0 bridgehead atoms. The van der Waals surface area contributed by atoms with Crippen molar-refractivity contribution in [1.29, 1.82) is 0 Å². The summed E-state index contributed by atoms with van der Waals surface area (Å²) in [5, 5.41) is 10.6. The third-order valence-corrected chi connectivity index (χ3v) is 7.09. The number of carbonyl (C=O) groups is 1. The van der Waals surface area contributed by atoms with Gasteiger partial charge < -0.3 is 10.0 Å². The number of hydrogen-bond acceptors (Lipinski definition) is 5. The third-order valence-electron chi connectivity index (χ3n) is 5.69. The molecule has 1 aromatic carbocycles. The quantitative estimate of drug-likeness (QED) is 0.547. The number of benzene rings is 1. The van der Waals surface area contributed by atoms with Gasteiger partial charge in [-0.2, -0.15) is 4.98 Å². The summed E-state index contributed by atoms with van der Waals surface area (Å²) in [5.74, 6) is -0.167. The second-order valence-electron chi connectivity index (χ2n) is 7.40. The summed E-state index contributed by atoms with van der Waals surface area (Å²) in [6.45, 7) is 5.62. The highest BCUT2D eigenvalue weighted by molar-refractivity contribution is 7.19. The maximum Gasteiger partial charge on any atom is 0.306 e. The van der Waals surface area contributed by atoms with Crippen LogP contribution < -0.4 is 4.90 Å². The van der Waals surface area contributed by atoms with Crippen molar-refractivity contribution in [3.63, 3.8) is 0 Å². The Morgan fingerprint density at radius 3 is 2.45 bits per heavy atom. The summed E-state index contributed by atoms with van der Waals surface area (Å²) in [6, 6.07) is 8.70. The van der Waals surface area contributed by atoms with Crippen molar-refractivity contribution in [3.8, 4) is 11.1 Å². The van der Waals surface area contributed by atoms with E-state index >= 15 is 0 Å². The van der Waals surface area contributed by atoms with Gasteiger partial charge in [-0.3, -0.25) is 4.79 Å². The lowest BCUT2D eigenvalue weighted by molar-refractivity contribution is -0.142. The topological polar surface area (TPSA) is 66.3 Å². The van der Waals surface area contributed by atoms with Gasteiger partial charge in [-0.05, 0) is 48.4 Å². The molecule has 1 fully saturated rings. The van der Waals surface area contributed by atoms with E-state index in [0.29, 0.717) is 25.9 Å². The number of aliphatic carboxylic acids is 1. The number of piperidine rings is 1. The highest BCUT2D eigenvalue weighted by atomic mass is 35.5. The molecule has 0 spiro atoms. The molecule has 7 heteroatoms. The Hall–Kier alpha value is -2.18. The first kappa shape index (κ1) is 20.1. The van der Waals surface area contributed by atoms with E-state index in [0.717, 1.165) is 34.4 Å². The van der Waals surface area contributed by atoms with Crippen molar-refractivity contribution in [2.75, 3.05) is 18.0 Å². The molecule has 3 heterocycles. The predicted octanol–water partition coefficient (Wildman–Crippen LogP) is 5.44. The second kappa shape index (κ2) is 8.28. The molecular formula is C22H24ClN3O2S. The molecule has 0 atom stereocenters. The summed E-state index contributed by atoms with van der Waals surface area (Å²) in [7, 11) is 0. The molecule has 2 aromatic heterocycles. The molecular weight excluding hydrogens is 406 g/mol. The minimum Gasteiger partial charge on any atom is -0.481 e. The summed E-state index contributed by atoms with van der Waals surface area (Å²) in [5.41, 5.74) is 3.65. The standard InChI is InChI=1S/C22H24ClN3O2S/c1-3-13-5-7-14(8-6-13)17-16(4-2)29-20-18(17)19(24-22(23)25-20)26-11-9-15(10-12-26)21(27)28/h5-8,15H,3-4,9-12H2,1-2H3,(H,27,28). The molecule has 0 saturated carbocycles. The first-order chi connectivity index (χ1) is 14.0. The molecule has 1 aliphatic heterocycles. The number of fused-ring (bicyclic) bond motifs is 1. The normalized spacial score (nSPS) is 15.2. The maximum absolute atomic E-state index is 11.3. The number of anilines is 1. The van der Waals surface area contributed by atoms with E-state index in [1.807, 2.05) is 0 Å². The zero-order valence-electron chi connectivity index (χ0n) is 16.6. The number of rotatable bonds is 5. The van der Waals surface area contributed by atoms with E-state index < -0.39 is 5.97 Å². The molecule has 5 nitrogen and oxygen atoms in total. The van der Waals surface area contributed by atoms with Gasteiger partial charge in [-0.1, -0.05) is 38.1 Å². The first-order valence-electron chi connectivity index (χ1n) is 10.1. The number of hydrogen-bond donors (Lipinski definition) is 1. The average molecular weight is 430 g/mol. The van der Waals surface area contributed by atoms with Crippen molar-refractivity contribution >= 4 is 44.9 Å². The summed E-state index contributed by atoms with van der Waals surface area (Å²) < 4.78 is 0. The van der Waals surface area contributed by atoms with Crippen LogP contribution in [0.25, 0.3) is 21.3 Å². The number of halogens is 1. The van der Waals surface area contributed by atoms with Crippen molar-refractivity contribution in [2.24, 2.45) is 5.92 Å². The van der Waals surface area contributed by atoms with Gasteiger partial charge in [0.1, 0.15) is 10.6 Å². The number of thiophene rings is 1. The second-order valence-corrected chi connectivity index (χ2v) is 8.82. The van der Waals surface area contributed by atoms with E-state index in [-0.39, 0.29) is 11.2 Å². The van der Waals surface area contributed by atoms with E-state index in [1.54, 1.807) is 11.3 Å². The Bertz CT molecular complexity index is 1040. The first-order valence-corrected chi connectivity index (χ1v) is 11.3. The van der Waals surface area contributed by atoms with Crippen LogP contribution in [0.5, 0.6) is 0 Å². The lowest BCUT2D eigenvalue weighted by atomic mass is 9.96. The average Bonchev–Trinajstić information content (AvgIpc) is 3.11. The highest BCUT2D eigenvalue weighted by Crippen LogP contribution is 2.43. The Kier molecular flexibility index (Phi) is 5.74. The van der Waals surface area contributed by atoms with Crippen molar-refractivity contribution in [1.82, 2.24) is 9.97 Å². The van der Waals surface area contributed by atoms with Gasteiger partial charge in [-0.15, -0.1) is 11.3 Å². The van der Waals surface area contributed by atoms with E-state index in [2.05, 4.69) is 53.0 Å².